The second-order valence-corrected chi connectivity index (χ2v) is 10.6. The van der Waals surface area contributed by atoms with Crippen LogP contribution in [-0.2, 0) is 17.9 Å². The maximum absolute atomic E-state index is 13.3. The average Bonchev–Trinajstić information content (AvgIpc) is 3.40. The van der Waals surface area contributed by atoms with Crippen LogP contribution in [0.15, 0.2) is 83.9 Å². The zero-order valence-electron chi connectivity index (χ0n) is 20.8. The fourth-order valence-electron chi connectivity index (χ4n) is 4.40. The summed E-state index contributed by atoms with van der Waals surface area (Å²) in [5.74, 6) is 1.65. The van der Waals surface area contributed by atoms with Gasteiger partial charge in [-0.25, -0.2) is 0 Å². The van der Waals surface area contributed by atoms with Gasteiger partial charge in [0.15, 0.2) is 0 Å². The van der Waals surface area contributed by atoms with Crippen molar-refractivity contribution in [3.05, 3.63) is 101 Å². The number of rotatable bonds is 9. The monoisotopic (exact) mass is 528 g/mol. The first kappa shape index (κ1) is 25.1. The third kappa shape index (κ3) is 5.58. The second kappa shape index (κ2) is 11.2. The first-order valence-electron chi connectivity index (χ1n) is 12.2. The topological polar surface area (TPSA) is 43.7 Å². The molecule has 0 saturated carbocycles. The molecule has 5 nitrogen and oxygen atoms in total. The molecule has 1 amide bonds. The molecule has 0 atom stereocenters. The number of thiocarbonyl (C=S) groups is 1. The number of carbonyl (C=O) groups is 1. The van der Waals surface area contributed by atoms with Gasteiger partial charge in [-0.2, -0.15) is 0 Å². The largest absolute Gasteiger partial charge is 0.497 e. The van der Waals surface area contributed by atoms with Gasteiger partial charge in [0.25, 0.3) is 5.91 Å². The molecule has 1 fully saturated rings. The van der Waals surface area contributed by atoms with Crippen LogP contribution >= 0.6 is 24.0 Å². The molecule has 0 bridgehead atoms. The van der Waals surface area contributed by atoms with Crippen LogP contribution in [0.2, 0.25) is 0 Å². The van der Waals surface area contributed by atoms with Crippen molar-refractivity contribution in [2.24, 2.45) is 0 Å². The molecule has 37 heavy (non-hydrogen) atoms. The van der Waals surface area contributed by atoms with Gasteiger partial charge in [-0.05, 0) is 54.8 Å². The van der Waals surface area contributed by atoms with Crippen molar-refractivity contribution >= 4 is 51.2 Å². The van der Waals surface area contributed by atoms with Gasteiger partial charge in [-0.3, -0.25) is 9.69 Å². The highest BCUT2D eigenvalue weighted by Gasteiger charge is 2.32. The highest BCUT2D eigenvalue weighted by Crippen LogP contribution is 2.35. The van der Waals surface area contributed by atoms with Crippen molar-refractivity contribution in [3.63, 3.8) is 0 Å². The third-order valence-corrected chi connectivity index (χ3v) is 7.75. The normalized spacial score (nSPS) is 14.6. The minimum absolute atomic E-state index is 0.0609. The molecule has 0 spiro atoms. The number of benzene rings is 3. The number of fused-ring (bicyclic) bond motifs is 1. The molecule has 3 aromatic carbocycles. The van der Waals surface area contributed by atoms with Gasteiger partial charge in [0.2, 0.25) is 0 Å². The summed E-state index contributed by atoms with van der Waals surface area (Å²) < 4.78 is 14.0. The number of thioether (sulfide) groups is 1. The van der Waals surface area contributed by atoms with E-state index < -0.39 is 0 Å². The van der Waals surface area contributed by atoms with Gasteiger partial charge >= 0.3 is 0 Å². The summed E-state index contributed by atoms with van der Waals surface area (Å²) in [5.41, 5.74) is 4.29. The fraction of sp³-hybridized carbons (Fsp3) is 0.200. The molecule has 1 aliphatic heterocycles. The molecule has 2 heterocycles. The number of carbonyl (C=O) groups excluding carboxylic acids is 1. The Kier molecular flexibility index (Phi) is 7.63. The summed E-state index contributed by atoms with van der Waals surface area (Å²) in [5, 5.41) is 1.11. The van der Waals surface area contributed by atoms with Gasteiger partial charge in [-0.1, -0.05) is 72.5 Å². The van der Waals surface area contributed by atoms with E-state index in [0.717, 1.165) is 52.1 Å². The van der Waals surface area contributed by atoms with Crippen molar-refractivity contribution in [3.8, 4) is 11.5 Å². The van der Waals surface area contributed by atoms with Crippen molar-refractivity contribution in [2.75, 3.05) is 13.7 Å². The molecule has 1 saturated heterocycles. The van der Waals surface area contributed by atoms with Crippen molar-refractivity contribution in [1.82, 2.24) is 9.47 Å². The quantitative estimate of drug-likeness (QED) is 0.135. The van der Waals surface area contributed by atoms with Gasteiger partial charge in [0.1, 0.15) is 15.8 Å². The van der Waals surface area contributed by atoms with E-state index in [1.54, 1.807) is 12.0 Å². The molecule has 1 aromatic heterocycles. The van der Waals surface area contributed by atoms with E-state index in [2.05, 4.69) is 35.9 Å². The van der Waals surface area contributed by atoms with Crippen LogP contribution < -0.4 is 9.47 Å². The Hall–Kier alpha value is -3.55. The lowest BCUT2D eigenvalue weighted by molar-refractivity contribution is -0.122. The number of aryl methyl sites for hydroxylation is 2. The Morgan fingerprint density at radius 3 is 2.54 bits per heavy atom. The maximum Gasteiger partial charge on any atom is 0.266 e. The number of methoxy groups -OCH3 is 1. The molecule has 0 aliphatic carbocycles. The Morgan fingerprint density at radius 1 is 1.00 bits per heavy atom. The Bertz CT molecular complexity index is 1470. The lowest BCUT2D eigenvalue weighted by Gasteiger charge is -2.14. The van der Waals surface area contributed by atoms with Gasteiger partial charge in [0, 0.05) is 29.2 Å². The number of aromatic nitrogens is 1. The molecule has 0 N–H and O–H groups in total. The summed E-state index contributed by atoms with van der Waals surface area (Å²) in [6.45, 7) is 3.95. The molecular weight excluding hydrogens is 500 g/mol. The summed E-state index contributed by atoms with van der Waals surface area (Å²) in [7, 11) is 1.64. The van der Waals surface area contributed by atoms with Gasteiger partial charge < -0.3 is 14.0 Å². The van der Waals surface area contributed by atoms with E-state index in [1.807, 2.05) is 60.7 Å². The van der Waals surface area contributed by atoms with E-state index in [1.165, 1.54) is 11.8 Å². The number of hydrogen-bond acceptors (Lipinski definition) is 5. The molecule has 1 aliphatic rings. The van der Waals surface area contributed by atoms with Crippen molar-refractivity contribution in [1.29, 1.82) is 0 Å². The number of ether oxygens (including phenoxy) is 2. The van der Waals surface area contributed by atoms with Crippen LogP contribution in [0.1, 0.15) is 23.1 Å². The summed E-state index contributed by atoms with van der Waals surface area (Å²) in [4.78, 5) is 15.6. The molecule has 5 rings (SSSR count). The van der Waals surface area contributed by atoms with E-state index >= 15 is 0 Å². The van der Waals surface area contributed by atoms with Gasteiger partial charge in [0.05, 0.1) is 25.2 Å². The second-order valence-electron chi connectivity index (χ2n) is 8.88. The summed E-state index contributed by atoms with van der Waals surface area (Å²) in [6, 6.07) is 24.0. The Balaban J connectivity index is 1.30. The fourth-order valence-corrected chi connectivity index (χ4v) is 5.65. The van der Waals surface area contributed by atoms with Crippen LogP contribution in [0.5, 0.6) is 11.5 Å². The lowest BCUT2D eigenvalue weighted by atomic mass is 10.1. The minimum atomic E-state index is -0.0609. The summed E-state index contributed by atoms with van der Waals surface area (Å²) in [6.07, 6.45) is 4.96. The van der Waals surface area contributed by atoms with Crippen LogP contribution in [0.4, 0.5) is 0 Å². The maximum atomic E-state index is 13.3. The number of nitrogens with zero attached hydrogens (tertiary/aromatic N) is 2. The zero-order chi connectivity index (χ0) is 25.8. The highest BCUT2D eigenvalue weighted by atomic mass is 32.2. The van der Waals surface area contributed by atoms with Crippen LogP contribution in [0.25, 0.3) is 17.0 Å². The third-order valence-electron chi connectivity index (χ3n) is 6.37. The van der Waals surface area contributed by atoms with Crippen molar-refractivity contribution in [2.45, 2.75) is 26.4 Å². The number of para-hydroxylation sites is 2. The Morgan fingerprint density at radius 2 is 1.76 bits per heavy atom. The lowest BCUT2D eigenvalue weighted by Crippen LogP contribution is -2.27. The molecule has 4 aromatic rings. The SMILES string of the molecule is COc1ccc(CN2C(=O)/C(=C/c3cn(CCCOc4ccccc4C)c4ccccc34)SC2=S)cc1. The first-order valence-corrected chi connectivity index (χ1v) is 13.4. The zero-order valence-corrected chi connectivity index (χ0v) is 22.5. The summed E-state index contributed by atoms with van der Waals surface area (Å²) >= 11 is 6.92. The predicted molar refractivity (Wildman–Crippen MR) is 155 cm³/mol. The number of amides is 1. The Labute approximate surface area is 226 Å². The van der Waals surface area contributed by atoms with E-state index in [-0.39, 0.29) is 5.91 Å². The van der Waals surface area contributed by atoms with E-state index in [9.17, 15) is 4.79 Å². The van der Waals surface area contributed by atoms with E-state index in [0.29, 0.717) is 22.4 Å². The first-order chi connectivity index (χ1) is 18.0. The highest BCUT2D eigenvalue weighted by molar-refractivity contribution is 8.26. The van der Waals surface area contributed by atoms with Crippen LogP contribution in [-0.4, -0.2) is 33.4 Å². The molecule has 0 radical (unpaired) electrons. The molecule has 188 valence electrons. The van der Waals surface area contributed by atoms with Gasteiger partial charge in [-0.15, -0.1) is 0 Å². The smallest absolute Gasteiger partial charge is 0.266 e. The van der Waals surface area contributed by atoms with Crippen LogP contribution in [0, 0.1) is 6.92 Å². The van der Waals surface area contributed by atoms with Crippen molar-refractivity contribution < 1.29 is 14.3 Å². The molecular formula is C30H28N2O3S2. The molecule has 0 unspecified atom stereocenters. The number of hydrogen-bond donors (Lipinski definition) is 0. The standard InChI is InChI=1S/C30H28N2O3S2/c1-21-8-3-6-11-27(21)35-17-7-16-31-20-23(25-9-4-5-10-26(25)31)18-28-29(33)32(30(36)37-28)19-22-12-14-24(34-2)15-13-22/h3-6,8-15,18,20H,7,16-17,19H2,1-2H3/b28-18-. The van der Waals surface area contributed by atoms with Crippen LogP contribution in [0.3, 0.4) is 0 Å². The van der Waals surface area contributed by atoms with E-state index in [4.69, 9.17) is 21.7 Å². The predicted octanol–water partition coefficient (Wildman–Crippen LogP) is 6.83. The minimum Gasteiger partial charge on any atom is -0.497 e. The molecule has 7 heteroatoms. The average molecular weight is 529 g/mol.